The second-order valence-corrected chi connectivity index (χ2v) is 12.0. The van der Waals surface area contributed by atoms with Crippen LogP contribution in [0.1, 0.15) is 35.2 Å². The van der Waals surface area contributed by atoms with Gasteiger partial charge in [-0.2, -0.15) is 4.98 Å². The van der Waals surface area contributed by atoms with Gasteiger partial charge in [0, 0.05) is 16.5 Å². The Morgan fingerprint density at radius 2 is 1.78 bits per heavy atom. The van der Waals surface area contributed by atoms with E-state index in [2.05, 4.69) is 41.8 Å². The first-order valence-electron chi connectivity index (χ1n) is 14.4. The number of ether oxygens (including phenoxy) is 2. The molecule has 1 unspecified atom stereocenters. The lowest BCUT2D eigenvalue weighted by Crippen LogP contribution is -2.31. The highest BCUT2D eigenvalue weighted by molar-refractivity contribution is 7.98. The Labute approximate surface area is 271 Å². The molecule has 0 spiro atoms. The van der Waals surface area contributed by atoms with E-state index in [-0.39, 0.29) is 5.91 Å². The van der Waals surface area contributed by atoms with Crippen molar-refractivity contribution in [1.29, 1.82) is 0 Å². The summed E-state index contributed by atoms with van der Waals surface area (Å²) in [5.41, 5.74) is 5.82. The predicted octanol–water partition coefficient (Wildman–Crippen LogP) is 8.05. The zero-order chi connectivity index (χ0) is 31.3. The van der Waals surface area contributed by atoms with Gasteiger partial charge in [0.05, 0.1) is 18.4 Å². The number of nitrogens with one attached hydrogen (secondary N) is 2. The van der Waals surface area contributed by atoms with Gasteiger partial charge in [0.15, 0.2) is 0 Å². The number of amides is 1. The number of nitrogens with zero attached hydrogens (tertiary/aromatic N) is 3. The first-order chi connectivity index (χ1) is 21.9. The standard InChI is InChI=1S/C35H32ClN5O3S/c1-22-15-17-24(18-16-22)20-44-27-11-8-10-25(19-27)32-31(33(42)38-29-13-6-7-14-30(29)43-3)23(2)37-34-39-35(40-41(32)34)45-21-26-9-4-5-12-28(26)36/h4-19,32H,20-21H2,1-3H3,(H,38,42)(H,37,39,40). The Bertz CT molecular complexity index is 1870. The maximum absolute atomic E-state index is 14.0. The van der Waals surface area contributed by atoms with Crippen molar-refractivity contribution in [3.05, 3.63) is 136 Å². The number of carbonyl (C=O) groups is 1. The van der Waals surface area contributed by atoms with Gasteiger partial charge in [0.2, 0.25) is 11.1 Å². The number of fused-ring (bicyclic) bond motifs is 1. The number of rotatable bonds is 10. The molecule has 1 amide bonds. The molecule has 0 saturated heterocycles. The molecule has 1 aliphatic heterocycles. The molecule has 45 heavy (non-hydrogen) atoms. The van der Waals surface area contributed by atoms with Crippen LogP contribution in [0.2, 0.25) is 5.02 Å². The van der Waals surface area contributed by atoms with Crippen molar-refractivity contribution in [1.82, 2.24) is 14.8 Å². The van der Waals surface area contributed by atoms with Crippen molar-refractivity contribution >= 4 is 40.9 Å². The van der Waals surface area contributed by atoms with Crippen LogP contribution in [0, 0.1) is 6.92 Å². The summed E-state index contributed by atoms with van der Waals surface area (Å²) in [6, 6.07) is 30.5. The number of hydrogen-bond acceptors (Lipinski definition) is 7. The number of thioether (sulfide) groups is 1. The zero-order valence-electron chi connectivity index (χ0n) is 25.1. The van der Waals surface area contributed by atoms with E-state index in [1.165, 1.54) is 17.3 Å². The van der Waals surface area contributed by atoms with Crippen molar-refractivity contribution in [2.75, 3.05) is 17.7 Å². The summed E-state index contributed by atoms with van der Waals surface area (Å²) in [7, 11) is 1.58. The lowest BCUT2D eigenvalue weighted by Gasteiger charge is -2.29. The molecule has 228 valence electrons. The van der Waals surface area contributed by atoms with E-state index in [0.29, 0.717) is 56.9 Å². The SMILES string of the molecule is COc1ccccc1NC(=O)C1=C(C)Nc2nc(SCc3ccccc3Cl)nn2C1c1cccc(OCc2ccc(C)cc2)c1. The maximum Gasteiger partial charge on any atom is 0.255 e. The van der Waals surface area contributed by atoms with Gasteiger partial charge < -0.3 is 20.1 Å². The molecule has 0 aliphatic carbocycles. The van der Waals surface area contributed by atoms with Crippen LogP contribution in [0.4, 0.5) is 11.6 Å². The first kappa shape index (κ1) is 30.3. The second kappa shape index (κ2) is 13.5. The van der Waals surface area contributed by atoms with Crippen molar-refractivity contribution in [3.8, 4) is 11.5 Å². The molecule has 10 heteroatoms. The van der Waals surface area contributed by atoms with Gasteiger partial charge in [0.1, 0.15) is 24.1 Å². The van der Waals surface area contributed by atoms with E-state index in [4.69, 9.17) is 31.2 Å². The van der Waals surface area contributed by atoms with E-state index < -0.39 is 6.04 Å². The number of anilines is 2. The van der Waals surface area contributed by atoms with Gasteiger partial charge in [-0.25, -0.2) is 4.68 Å². The number of aryl methyl sites for hydroxylation is 1. The highest BCUT2D eigenvalue weighted by Crippen LogP contribution is 2.39. The normalized spacial score (nSPS) is 14.0. The molecule has 8 nitrogen and oxygen atoms in total. The summed E-state index contributed by atoms with van der Waals surface area (Å²) in [6.07, 6.45) is 0. The Hall–Kier alpha value is -4.73. The number of aromatic nitrogens is 3. The number of methoxy groups -OCH3 is 1. The fourth-order valence-electron chi connectivity index (χ4n) is 5.12. The first-order valence-corrected chi connectivity index (χ1v) is 15.8. The third-order valence-corrected chi connectivity index (χ3v) is 8.70. The fourth-order valence-corrected chi connectivity index (χ4v) is 6.23. The molecule has 0 bridgehead atoms. The number of para-hydroxylation sites is 2. The number of benzene rings is 4. The molecule has 5 aromatic rings. The maximum atomic E-state index is 14.0. The van der Waals surface area contributed by atoms with Crippen LogP contribution in [0.15, 0.2) is 113 Å². The van der Waals surface area contributed by atoms with Crippen molar-refractivity contribution in [2.24, 2.45) is 0 Å². The predicted molar refractivity (Wildman–Crippen MR) is 179 cm³/mol. The Balaban J connectivity index is 1.34. The van der Waals surface area contributed by atoms with Gasteiger partial charge in [-0.05, 0) is 60.9 Å². The lowest BCUT2D eigenvalue weighted by molar-refractivity contribution is -0.113. The van der Waals surface area contributed by atoms with E-state index >= 15 is 0 Å². The highest BCUT2D eigenvalue weighted by Gasteiger charge is 2.35. The Morgan fingerprint density at radius 1 is 1.00 bits per heavy atom. The largest absolute Gasteiger partial charge is 0.495 e. The summed E-state index contributed by atoms with van der Waals surface area (Å²) >= 11 is 7.88. The fraction of sp³-hybridized carbons (Fsp3) is 0.171. The second-order valence-electron chi connectivity index (χ2n) is 10.6. The topological polar surface area (TPSA) is 90.3 Å². The third-order valence-electron chi connectivity index (χ3n) is 7.45. The lowest BCUT2D eigenvalue weighted by atomic mass is 9.94. The van der Waals surface area contributed by atoms with Gasteiger partial charge in [0.25, 0.3) is 5.91 Å². The highest BCUT2D eigenvalue weighted by atomic mass is 35.5. The minimum atomic E-state index is -0.582. The molecular weight excluding hydrogens is 606 g/mol. The van der Waals surface area contributed by atoms with Gasteiger partial charge in [-0.15, -0.1) is 5.10 Å². The van der Waals surface area contributed by atoms with Crippen LogP contribution >= 0.6 is 23.4 Å². The molecule has 2 N–H and O–H groups in total. The molecule has 0 saturated carbocycles. The Morgan fingerprint density at radius 3 is 2.58 bits per heavy atom. The summed E-state index contributed by atoms with van der Waals surface area (Å²) in [5, 5.41) is 12.5. The van der Waals surface area contributed by atoms with Gasteiger partial charge >= 0.3 is 0 Å². The molecule has 0 radical (unpaired) electrons. The molecule has 1 aliphatic rings. The smallest absolute Gasteiger partial charge is 0.255 e. The number of hydrogen-bond donors (Lipinski definition) is 2. The molecular formula is C35H32ClN5O3S. The van der Waals surface area contributed by atoms with Crippen LogP contribution in [-0.4, -0.2) is 27.8 Å². The summed E-state index contributed by atoms with van der Waals surface area (Å²) in [6.45, 7) is 4.35. The molecule has 1 atom stereocenters. The van der Waals surface area contributed by atoms with Crippen LogP contribution in [0.3, 0.4) is 0 Å². The van der Waals surface area contributed by atoms with Gasteiger partial charge in [-0.1, -0.05) is 95.7 Å². The molecule has 1 aromatic heterocycles. The molecule has 2 heterocycles. The quantitative estimate of drug-likeness (QED) is 0.150. The minimum Gasteiger partial charge on any atom is -0.495 e. The van der Waals surface area contributed by atoms with Crippen LogP contribution in [-0.2, 0) is 17.2 Å². The Kier molecular flexibility index (Phi) is 9.09. The summed E-state index contributed by atoms with van der Waals surface area (Å²) in [4.78, 5) is 18.8. The van der Waals surface area contributed by atoms with E-state index in [0.717, 1.165) is 16.7 Å². The third kappa shape index (κ3) is 6.84. The number of carbonyl (C=O) groups excluding carboxylic acids is 1. The molecule has 4 aromatic carbocycles. The average molecular weight is 638 g/mol. The van der Waals surface area contributed by atoms with E-state index in [1.807, 2.05) is 73.7 Å². The summed E-state index contributed by atoms with van der Waals surface area (Å²) in [5.74, 6) is 2.11. The van der Waals surface area contributed by atoms with Crippen LogP contribution in [0.5, 0.6) is 11.5 Å². The van der Waals surface area contributed by atoms with Crippen LogP contribution in [0.25, 0.3) is 0 Å². The van der Waals surface area contributed by atoms with E-state index in [1.54, 1.807) is 17.9 Å². The monoisotopic (exact) mass is 637 g/mol. The van der Waals surface area contributed by atoms with Crippen LogP contribution < -0.4 is 20.1 Å². The summed E-state index contributed by atoms with van der Waals surface area (Å²) < 4.78 is 13.4. The van der Waals surface area contributed by atoms with E-state index in [9.17, 15) is 4.79 Å². The van der Waals surface area contributed by atoms with Crippen molar-refractivity contribution < 1.29 is 14.3 Å². The minimum absolute atomic E-state index is 0.285. The number of allylic oxidation sites excluding steroid dienone is 1. The molecule has 0 fully saturated rings. The zero-order valence-corrected chi connectivity index (χ0v) is 26.7. The van der Waals surface area contributed by atoms with Crippen molar-refractivity contribution in [3.63, 3.8) is 0 Å². The van der Waals surface area contributed by atoms with Gasteiger partial charge in [-0.3, -0.25) is 4.79 Å². The van der Waals surface area contributed by atoms with Crippen molar-refractivity contribution in [2.45, 2.75) is 37.4 Å². The average Bonchev–Trinajstić information content (AvgIpc) is 3.46. The number of halogens is 1. The molecule has 6 rings (SSSR count).